The third-order valence-corrected chi connectivity index (χ3v) is 5.31. The van der Waals surface area contributed by atoms with E-state index in [2.05, 4.69) is 33.5 Å². The number of unbranched alkanes of at least 4 members (excludes halogenated alkanes) is 3. The molecule has 2 rings (SSSR count). The van der Waals surface area contributed by atoms with Gasteiger partial charge in [0, 0.05) is 19.7 Å². The Bertz CT molecular complexity index is 934. The molecule has 8 heteroatoms. The maximum absolute atomic E-state index is 12.6. The van der Waals surface area contributed by atoms with Crippen molar-refractivity contribution in [1.29, 1.82) is 0 Å². The maximum atomic E-state index is 12.6. The Kier molecular flexibility index (Phi) is 9.94. The monoisotopic (exact) mass is 505 g/mol. The molecule has 6 nitrogen and oxygen atoms in total. The van der Waals surface area contributed by atoms with E-state index in [1.54, 1.807) is 56.6 Å². The van der Waals surface area contributed by atoms with Crippen LogP contribution in [0.4, 0.5) is 5.69 Å². The molecule has 31 heavy (non-hydrogen) atoms. The quantitative estimate of drug-likeness (QED) is 0.360. The van der Waals surface area contributed by atoms with E-state index >= 15 is 0 Å². The Morgan fingerprint density at radius 2 is 1.84 bits per heavy atom. The van der Waals surface area contributed by atoms with Gasteiger partial charge in [0.15, 0.2) is 5.11 Å². The van der Waals surface area contributed by atoms with Gasteiger partial charge in [-0.15, -0.1) is 0 Å². The minimum absolute atomic E-state index is 0.108. The van der Waals surface area contributed by atoms with Crippen molar-refractivity contribution in [2.75, 3.05) is 26.0 Å². The predicted octanol–water partition coefficient (Wildman–Crippen LogP) is 5.24. The second-order valence-corrected chi connectivity index (χ2v) is 8.47. The molecule has 2 amide bonds. The number of hydrogen-bond donors (Lipinski definition) is 2. The number of nitrogens with zero attached hydrogens (tertiary/aromatic N) is 1. The number of hydrogen-bond acceptors (Lipinski definition) is 4. The van der Waals surface area contributed by atoms with Gasteiger partial charge in [0.25, 0.3) is 11.8 Å². The molecule has 0 bridgehead atoms. The molecule has 0 unspecified atom stereocenters. The van der Waals surface area contributed by atoms with Gasteiger partial charge in [0.1, 0.15) is 5.75 Å². The number of nitrogens with one attached hydrogen (secondary N) is 2. The highest BCUT2D eigenvalue weighted by molar-refractivity contribution is 9.10. The summed E-state index contributed by atoms with van der Waals surface area (Å²) in [6, 6.07) is 12.1. The van der Waals surface area contributed by atoms with Crippen LogP contribution >= 0.6 is 28.1 Å². The largest absolute Gasteiger partial charge is 0.492 e. The number of benzene rings is 2. The van der Waals surface area contributed by atoms with Crippen molar-refractivity contribution in [3.05, 3.63) is 58.1 Å². The molecule has 2 N–H and O–H groups in total. The van der Waals surface area contributed by atoms with Crippen LogP contribution < -0.4 is 15.4 Å². The Hall–Kier alpha value is -2.45. The highest BCUT2D eigenvalue weighted by Gasteiger charge is 2.15. The number of carbonyl (C=O) groups excluding carboxylic acids is 2. The third-order valence-electron chi connectivity index (χ3n) is 4.49. The predicted molar refractivity (Wildman–Crippen MR) is 132 cm³/mol. The van der Waals surface area contributed by atoms with E-state index in [4.69, 9.17) is 17.0 Å². The lowest BCUT2D eigenvalue weighted by Gasteiger charge is -2.16. The number of carbonyl (C=O) groups is 2. The average molecular weight is 506 g/mol. The number of ether oxygens (including phenoxy) is 1. The minimum atomic E-state index is -0.357. The van der Waals surface area contributed by atoms with Gasteiger partial charge in [-0.05, 0) is 64.9 Å². The molecule has 0 aliphatic rings. The fraction of sp³-hybridized carbons (Fsp3) is 0.348. The first-order valence-corrected chi connectivity index (χ1v) is 11.4. The van der Waals surface area contributed by atoms with Gasteiger partial charge in [0.2, 0.25) is 0 Å². The van der Waals surface area contributed by atoms with Gasteiger partial charge in [-0.25, -0.2) is 0 Å². The minimum Gasteiger partial charge on any atom is -0.492 e. The standard InChI is InChI=1S/C23H28BrN3O3S/c1-4-5-6-9-14-30-20-13-12-16(15-18(20)24)21(28)26-23(31)25-19-11-8-7-10-17(19)22(29)27(2)3/h7-8,10-13,15H,4-6,9,14H2,1-3H3,(H2,25,26,28,31). The maximum Gasteiger partial charge on any atom is 0.257 e. The molecule has 0 aromatic heterocycles. The van der Waals surface area contributed by atoms with Crippen molar-refractivity contribution in [3.8, 4) is 5.75 Å². The van der Waals surface area contributed by atoms with E-state index in [1.807, 2.05) is 0 Å². The molecular weight excluding hydrogens is 478 g/mol. The van der Waals surface area contributed by atoms with Gasteiger partial charge in [-0.1, -0.05) is 38.3 Å². The van der Waals surface area contributed by atoms with E-state index in [0.29, 0.717) is 33.6 Å². The molecular formula is C23H28BrN3O3S. The second kappa shape index (κ2) is 12.4. The SMILES string of the molecule is CCCCCCOc1ccc(C(=O)NC(=S)Nc2ccccc2C(=O)N(C)C)cc1Br. The number of thiocarbonyl (C=S) groups is 1. The van der Waals surface area contributed by atoms with Crippen LogP contribution in [0.15, 0.2) is 46.9 Å². The van der Waals surface area contributed by atoms with E-state index in [1.165, 1.54) is 17.7 Å². The van der Waals surface area contributed by atoms with Crippen molar-refractivity contribution >= 4 is 50.8 Å². The van der Waals surface area contributed by atoms with E-state index in [-0.39, 0.29) is 16.9 Å². The van der Waals surface area contributed by atoms with E-state index in [0.717, 1.165) is 12.8 Å². The average Bonchev–Trinajstić information content (AvgIpc) is 2.74. The summed E-state index contributed by atoms with van der Waals surface area (Å²) in [6.07, 6.45) is 4.52. The molecule has 2 aromatic rings. The lowest BCUT2D eigenvalue weighted by Crippen LogP contribution is -2.35. The summed E-state index contributed by atoms with van der Waals surface area (Å²) in [4.78, 5) is 26.4. The molecule has 0 saturated carbocycles. The van der Waals surface area contributed by atoms with Crippen LogP contribution in [0.5, 0.6) is 5.75 Å². The van der Waals surface area contributed by atoms with Crippen molar-refractivity contribution in [2.45, 2.75) is 32.6 Å². The summed E-state index contributed by atoms with van der Waals surface area (Å²) in [7, 11) is 3.35. The number of amides is 2. The Balaban J connectivity index is 1.97. The molecule has 0 spiro atoms. The first-order valence-electron chi connectivity index (χ1n) is 10.2. The number of anilines is 1. The van der Waals surface area contributed by atoms with Gasteiger partial charge >= 0.3 is 0 Å². The van der Waals surface area contributed by atoms with Crippen LogP contribution in [0.1, 0.15) is 53.3 Å². The zero-order valence-electron chi connectivity index (χ0n) is 18.0. The van der Waals surface area contributed by atoms with Crippen LogP contribution in [0.2, 0.25) is 0 Å². The number of para-hydroxylation sites is 1. The summed E-state index contributed by atoms with van der Waals surface area (Å²) < 4.78 is 6.49. The Morgan fingerprint density at radius 3 is 2.52 bits per heavy atom. The molecule has 0 fully saturated rings. The highest BCUT2D eigenvalue weighted by atomic mass is 79.9. The fourth-order valence-electron chi connectivity index (χ4n) is 2.82. The first kappa shape index (κ1) is 24.8. The topological polar surface area (TPSA) is 70.7 Å². The normalized spacial score (nSPS) is 10.3. The van der Waals surface area contributed by atoms with Crippen molar-refractivity contribution in [2.24, 2.45) is 0 Å². The Labute approximate surface area is 197 Å². The van der Waals surface area contributed by atoms with Crippen LogP contribution in [0.25, 0.3) is 0 Å². The van der Waals surface area contributed by atoms with Crippen LogP contribution in [-0.4, -0.2) is 42.5 Å². The molecule has 0 heterocycles. The molecule has 0 saturated heterocycles. The lowest BCUT2D eigenvalue weighted by atomic mass is 10.1. The zero-order chi connectivity index (χ0) is 22.8. The van der Waals surface area contributed by atoms with Crippen molar-refractivity contribution in [1.82, 2.24) is 10.2 Å². The second-order valence-electron chi connectivity index (χ2n) is 7.21. The smallest absolute Gasteiger partial charge is 0.257 e. The molecule has 0 atom stereocenters. The van der Waals surface area contributed by atoms with Crippen LogP contribution in [0.3, 0.4) is 0 Å². The van der Waals surface area contributed by atoms with Gasteiger partial charge in [0.05, 0.1) is 22.3 Å². The highest BCUT2D eigenvalue weighted by Crippen LogP contribution is 2.26. The molecule has 0 aliphatic carbocycles. The molecule has 166 valence electrons. The lowest BCUT2D eigenvalue weighted by molar-refractivity contribution is 0.0828. The van der Waals surface area contributed by atoms with Gasteiger partial charge < -0.3 is 15.0 Å². The Morgan fingerprint density at radius 1 is 1.10 bits per heavy atom. The summed E-state index contributed by atoms with van der Waals surface area (Å²) in [6.45, 7) is 2.81. The molecule has 2 aromatic carbocycles. The summed E-state index contributed by atoms with van der Waals surface area (Å²) in [5, 5.41) is 5.69. The van der Waals surface area contributed by atoms with Gasteiger partial charge in [-0.3, -0.25) is 14.9 Å². The zero-order valence-corrected chi connectivity index (χ0v) is 20.4. The summed E-state index contributed by atoms with van der Waals surface area (Å²) in [5.41, 5.74) is 1.43. The summed E-state index contributed by atoms with van der Waals surface area (Å²) in [5.74, 6) is 0.181. The van der Waals surface area contributed by atoms with Crippen molar-refractivity contribution < 1.29 is 14.3 Å². The molecule has 0 radical (unpaired) electrons. The number of halogens is 1. The third kappa shape index (κ3) is 7.63. The number of rotatable bonds is 9. The van der Waals surface area contributed by atoms with Crippen LogP contribution in [0, 0.1) is 0 Å². The van der Waals surface area contributed by atoms with Gasteiger partial charge in [-0.2, -0.15) is 0 Å². The fourth-order valence-corrected chi connectivity index (χ4v) is 3.51. The molecule has 0 aliphatic heterocycles. The first-order chi connectivity index (χ1) is 14.8. The van der Waals surface area contributed by atoms with E-state index in [9.17, 15) is 9.59 Å². The van der Waals surface area contributed by atoms with E-state index < -0.39 is 0 Å². The summed E-state index contributed by atoms with van der Waals surface area (Å²) >= 11 is 8.73. The van der Waals surface area contributed by atoms with Crippen LogP contribution in [-0.2, 0) is 0 Å². The van der Waals surface area contributed by atoms with Crippen molar-refractivity contribution in [3.63, 3.8) is 0 Å².